The van der Waals surface area contributed by atoms with E-state index in [1.165, 1.54) is 5.56 Å². The minimum absolute atomic E-state index is 0.292. The van der Waals surface area contributed by atoms with Gasteiger partial charge in [-0.3, -0.25) is 19.8 Å². The molecule has 3 aromatic carbocycles. The average molecular weight is 411 g/mol. The molecule has 1 fully saturated rings. The van der Waals surface area contributed by atoms with Gasteiger partial charge in [0.05, 0.1) is 19.3 Å². The molecule has 1 heterocycles. The summed E-state index contributed by atoms with van der Waals surface area (Å²) in [7, 11) is 0. The number of aliphatic imine (C=N–C) groups is 2. The normalized spacial score (nSPS) is 16.0. The maximum absolute atomic E-state index is 4.66. The molecule has 0 saturated carbocycles. The monoisotopic (exact) mass is 410 g/mol. The Morgan fingerprint density at radius 2 is 1.03 bits per heavy atom. The Balaban J connectivity index is 1.35. The zero-order valence-electron chi connectivity index (χ0n) is 17.9. The lowest BCUT2D eigenvalue weighted by Gasteiger charge is -2.30. The predicted octanol–water partition coefficient (Wildman–Crippen LogP) is 4.54. The fraction of sp³-hybridized carbons (Fsp3) is 0.259. The first-order chi connectivity index (χ1) is 15.4. The van der Waals surface area contributed by atoms with Gasteiger partial charge in [0, 0.05) is 38.6 Å². The minimum atomic E-state index is 0.292. The Hall–Kier alpha value is -3.08. The second kappa shape index (κ2) is 11.3. The van der Waals surface area contributed by atoms with Crippen LogP contribution < -0.4 is 0 Å². The van der Waals surface area contributed by atoms with Gasteiger partial charge in [-0.25, -0.2) is 0 Å². The van der Waals surface area contributed by atoms with Gasteiger partial charge >= 0.3 is 0 Å². The Labute approximate surface area is 185 Å². The van der Waals surface area contributed by atoms with Crippen LogP contribution in [0, 0.1) is 0 Å². The van der Waals surface area contributed by atoms with Crippen LogP contribution in [0.2, 0.25) is 0 Å². The minimum Gasteiger partial charge on any atom is -0.291 e. The molecule has 0 aliphatic carbocycles. The molecule has 0 N–H and O–H groups in total. The van der Waals surface area contributed by atoms with Crippen molar-refractivity contribution in [3.05, 3.63) is 108 Å². The van der Waals surface area contributed by atoms with Crippen LogP contribution >= 0.6 is 0 Å². The summed E-state index contributed by atoms with van der Waals surface area (Å²) in [6.45, 7) is 5.63. The van der Waals surface area contributed by atoms with Crippen molar-refractivity contribution in [2.75, 3.05) is 39.3 Å². The molecule has 3 aromatic rings. The van der Waals surface area contributed by atoms with Crippen molar-refractivity contribution in [2.24, 2.45) is 9.98 Å². The van der Waals surface area contributed by atoms with Crippen LogP contribution in [0.4, 0.5) is 0 Å². The Morgan fingerprint density at radius 1 is 0.613 bits per heavy atom. The first-order valence-corrected chi connectivity index (χ1v) is 11.0. The summed E-state index contributed by atoms with van der Waals surface area (Å²) in [6.07, 6.45) is 4.24. The molecule has 0 radical (unpaired) electrons. The summed E-state index contributed by atoms with van der Waals surface area (Å²) in [5.74, 6) is 0. The van der Waals surface area contributed by atoms with E-state index in [-0.39, 0.29) is 0 Å². The zero-order chi connectivity index (χ0) is 21.1. The van der Waals surface area contributed by atoms with E-state index in [4.69, 9.17) is 0 Å². The lowest BCUT2D eigenvalue weighted by atomic mass is 10.1. The van der Waals surface area contributed by atoms with Crippen LogP contribution in [0.5, 0.6) is 0 Å². The summed E-state index contributed by atoms with van der Waals surface area (Å²) < 4.78 is 0. The van der Waals surface area contributed by atoms with E-state index < -0.39 is 0 Å². The standard InChI is InChI=1S/C27H30N4/c1-4-10-24(11-5-1)22-28-16-18-30-20-21-31(27(30)26-14-8-3-9-15-26)19-17-29-23-25-12-6-2-7-13-25/h1-15,22-23,27H,16-21H2/b28-22+,29-23+. The molecule has 0 amide bonds. The average Bonchev–Trinajstić information content (AvgIpc) is 3.24. The Kier molecular flexibility index (Phi) is 7.75. The van der Waals surface area contributed by atoms with Crippen molar-refractivity contribution < 1.29 is 0 Å². The van der Waals surface area contributed by atoms with Crippen LogP contribution in [-0.4, -0.2) is 61.5 Å². The lowest BCUT2D eigenvalue weighted by Crippen LogP contribution is -2.33. The Bertz CT molecular complexity index is 893. The third kappa shape index (κ3) is 6.20. The number of hydrogen-bond acceptors (Lipinski definition) is 4. The second-order valence-electron chi connectivity index (χ2n) is 7.75. The van der Waals surface area contributed by atoms with Gasteiger partial charge in [0.15, 0.2) is 0 Å². The molecule has 0 atom stereocenters. The smallest absolute Gasteiger partial charge is 0.0888 e. The molecule has 0 unspecified atom stereocenters. The summed E-state index contributed by atoms with van der Waals surface area (Å²) in [6, 6.07) is 31.4. The maximum atomic E-state index is 4.66. The topological polar surface area (TPSA) is 31.2 Å². The number of nitrogens with zero attached hydrogens (tertiary/aromatic N) is 4. The fourth-order valence-electron chi connectivity index (χ4n) is 4.04. The highest BCUT2D eigenvalue weighted by Gasteiger charge is 2.32. The van der Waals surface area contributed by atoms with E-state index in [1.807, 2.05) is 48.8 Å². The number of benzene rings is 3. The van der Waals surface area contributed by atoms with Gasteiger partial charge in [-0.15, -0.1) is 0 Å². The molecule has 1 saturated heterocycles. The van der Waals surface area contributed by atoms with Crippen LogP contribution in [0.25, 0.3) is 0 Å². The highest BCUT2D eigenvalue weighted by Crippen LogP contribution is 2.29. The highest BCUT2D eigenvalue weighted by atomic mass is 15.4. The summed E-state index contributed by atoms with van der Waals surface area (Å²) in [4.78, 5) is 14.4. The van der Waals surface area contributed by atoms with E-state index in [9.17, 15) is 0 Å². The van der Waals surface area contributed by atoms with Gasteiger partial charge in [0.1, 0.15) is 0 Å². The van der Waals surface area contributed by atoms with E-state index in [0.29, 0.717) is 6.17 Å². The molecule has 158 valence electrons. The molecule has 1 aliphatic heterocycles. The van der Waals surface area contributed by atoms with Gasteiger partial charge < -0.3 is 0 Å². The largest absolute Gasteiger partial charge is 0.291 e. The van der Waals surface area contributed by atoms with Crippen LogP contribution in [0.3, 0.4) is 0 Å². The van der Waals surface area contributed by atoms with Gasteiger partial charge in [0.2, 0.25) is 0 Å². The SMILES string of the molecule is C(=N\CCN1CCN(CC/N=C/c2ccccc2)C1c1ccccc1)/c1ccccc1. The predicted molar refractivity (Wildman–Crippen MR) is 130 cm³/mol. The molecule has 0 bridgehead atoms. The Morgan fingerprint density at radius 3 is 1.48 bits per heavy atom. The highest BCUT2D eigenvalue weighted by molar-refractivity contribution is 5.79. The molecule has 31 heavy (non-hydrogen) atoms. The summed E-state index contributed by atoms with van der Waals surface area (Å²) in [5, 5.41) is 0. The maximum Gasteiger partial charge on any atom is 0.0888 e. The van der Waals surface area contributed by atoms with E-state index >= 15 is 0 Å². The van der Waals surface area contributed by atoms with Crippen molar-refractivity contribution >= 4 is 12.4 Å². The third-order valence-corrected chi connectivity index (χ3v) is 5.58. The summed E-state index contributed by atoms with van der Waals surface area (Å²) >= 11 is 0. The molecule has 4 rings (SSSR count). The van der Waals surface area contributed by atoms with E-state index in [0.717, 1.165) is 50.4 Å². The van der Waals surface area contributed by atoms with Gasteiger partial charge in [-0.1, -0.05) is 91.0 Å². The molecule has 0 spiro atoms. The lowest BCUT2D eigenvalue weighted by molar-refractivity contribution is 0.143. The molecule has 0 aromatic heterocycles. The van der Waals surface area contributed by atoms with Crippen molar-refractivity contribution in [3.63, 3.8) is 0 Å². The second-order valence-corrected chi connectivity index (χ2v) is 7.75. The molecular weight excluding hydrogens is 380 g/mol. The number of rotatable bonds is 9. The van der Waals surface area contributed by atoms with Crippen LogP contribution in [0.15, 0.2) is 101 Å². The van der Waals surface area contributed by atoms with Crippen LogP contribution in [-0.2, 0) is 0 Å². The number of hydrogen-bond donors (Lipinski definition) is 0. The van der Waals surface area contributed by atoms with E-state index in [1.54, 1.807) is 0 Å². The van der Waals surface area contributed by atoms with Crippen molar-refractivity contribution in [2.45, 2.75) is 6.17 Å². The first kappa shape index (κ1) is 21.2. The quantitative estimate of drug-likeness (QED) is 0.485. The van der Waals surface area contributed by atoms with Gasteiger partial charge in [-0.05, 0) is 16.7 Å². The fourth-order valence-corrected chi connectivity index (χ4v) is 4.04. The third-order valence-electron chi connectivity index (χ3n) is 5.58. The molecule has 4 heteroatoms. The van der Waals surface area contributed by atoms with Crippen molar-refractivity contribution in [3.8, 4) is 0 Å². The van der Waals surface area contributed by atoms with Crippen molar-refractivity contribution in [1.29, 1.82) is 0 Å². The molecule has 4 nitrogen and oxygen atoms in total. The van der Waals surface area contributed by atoms with Crippen LogP contribution in [0.1, 0.15) is 22.9 Å². The van der Waals surface area contributed by atoms with Gasteiger partial charge in [-0.2, -0.15) is 0 Å². The first-order valence-electron chi connectivity index (χ1n) is 11.0. The molecule has 1 aliphatic rings. The van der Waals surface area contributed by atoms with Crippen molar-refractivity contribution in [1.82, 2.24) is 9.80 Å². The van der Waals surface area contributed by atoms with Gasteiger partial charge in [0.25, 0.3) is 0 Å². The summed E-state index contributed by atoms with van der Waals surface area (Å²) in [5.41, 5.74) is 3.65. The zero-order valence-corrected chi connectivity index (χ0v) is 17.9. The van der Waals surface area contributed by atoms with E-state index in [2.05, 4.69) is 74.4 Å². The molecular formula is C27H30N4.